The lowest BCUT2D eigenvalue weighted by Gasteiger charge is -2.00. The topological polar surface area (TPSA) is 109 Å². The third-order valence-corrected chi connectivity index (χ3v) is 2.38. The summed E-state index contributed by atoms with van der Waals surface area (Å²) >= 11 is 0. The Labute approximate surface area is 115 Å². The molecule has 0 fully saturated rings. The molecule has 0 aliphatic rings. The highest BCUT2D eigenvalue weighted by Crippen LogP contribution is 2.06. The summed E-state index contributed by atoms with van der Waals surface area (Å²) in [7, 11) is 0. The van der Waals surface area contributed by atoms with Crippen molar-refractivity contribution in [3.8, 4) is 0 Å². The Morgan fingerprint density at radius 3 is 2.95 bits per heavy atom. The van der Waals surface area contributed by atoms with Crippen LogP contribution in [0.5, 0.6) is 0 Å². The molecule has 0 amide bonds. The normalized spacial score (nSPS) is 11.0. The highest BCUT2D eigenvalue weighted by molar-refractivity contribution is 5.85. The molecule has 9 nitrogen and oxygen atoms in total. The van der Waals surface area contributed by atoms with Gasteiger partial charge in [-0.15, -0.1) is 5.10 Å². The number of tetrazole rings is 1. The molecule has 0 unspecified atom stereocenters. The van der Waals surface area contributed by atoms with Crippen LogP contribution >= 0.6 is 0 Å². The van der Waals surface area contributed by atoms with Crippen molar-refractivity contribution in [3.63, 3.8) is 0 Å². The van der Waals surface area contributed by atoms with Gasteiger partial charge in [-0.25, -0.2) is 9.48 Å². The molecule has 108 valence electrons. The zero-order chi connectivity index (χ0) is 14.5. The number of ether oxygens (including phenoxy) is 1. The highest BCUT2D eigenvalue weighted by atomic mass is 16.5. The predicted octanol–water partition coefficient (Wildman–Crippen LogP) is 0.480. The third kappa shape index (κ3) is 3.37. The first-order valence-electron chi connectivity index (χ1n) is 6.35. The van der Waals surface area contributed by atoms with Crippen LogP contribution in [0.1, 0.15) is 43.1 Å². The maximum absolute atomic E-state index is 11.6. The van der Waals surface area contributed by atoms with Crippen LogP contribution in [0.4, 0.5) is 0 Å². The van der Waals surface area contributed by atoms with Crippen molar-refractivity contribution >= 4 is 5.97 Å². The summed E-state index contributed by atoms with van der Waals surface area (Å²) in [4.78, 5) is 15.8. The molecule has 0 aliphatic heterocycles. The molecular formula is C11H16N6O3. The fraction of sp³-hybridized carbons (Fsp3) is 0.636. The fourth-order valence-corrected chi connectivity index (χ4v) is 1.58. The number of carbonyl (C=O) groups excluding carboxylic acids is 1. The summed E-state index contributed by atoms with van der Waals surface area (Å²) in [5.74, 6) is 0.831. The SMILES string of the molecule is CCOC(=O)c1nnnn1Cc1nc(CC(C)C)no1. The molecule has 20 heavy (non-hydrogen) atoms. The summed E-state index contributed by atoms with van der Waals surface area (Å²) < 4.78 is 11.2. The molecule has 0 saturated carbocycles. The molecule has 2 aromatic rings. The minimum absolute atomic E-state index is 0.00968. The zero-order valence-corrected chi connectivity index (χ0v) is 11.6. The van der Waals surface area contributed by atoms with E-state index in [0.29, 0.717) is 17.6 Å². The minimum Gasteiger partial charge on any atom is -0.460 e. The van der Waals surface area contributed by atoms with Gasteiger partial charge in [-0.2, -0.15) is 4.98 Å². The van der Waals surface area contributed by atoms with E-state index in [9.17, 15) is 4.79 Å². The lowest BCUT2D eigenvalue weighted by Crippen LogP contribution is -2.15. The van der Waals surface area contributed by atoms with Gasteiger partial charge in [-0.05, 0) is 23.3 Å². The Morgan fingerprint density at radius 1 is 1.45 bits per heavy atom. The Morgan fingerprint density at radius 2 is 2.25 bits per heavy atom. The van der Waals surface area contributed by atoms with Crippen LogP contribution in [-0.2, 0) is 17.7 Å². The molecule has 0 spiro atoms. The van der Waals surface area contributed by atoms with Crippen molar-refractivity contribution in [3.05, 3.63) is 17.5 Å². The van der Waals surface area contributed by atoms with Crippen molar-refractivity contribution in [1.82, 2.24) is 30.3 Å². The van der Waals surface area contributed by atoms with Gasteiger partial charge in [0.1, 0.15) is 6.54 Å². The first-order valence-corrected chi connectivity index (χ1v) is 6.35. The maximum atomic E-state index is 11.6. The standard InChI is InChI=1S/C11H16N6O3/c1-4-19-11(18)10-13-15-16-17(10)6-9-12-8(14-20-9)5-7(2)3/h7H,4-6H2,1-3H3. The number of rotatable bonds is 6. The van der Waals surface area contributed by atoms with Crippen LogP contribution in [-0.4, -0.2) is 42.9 Å². The Hall–Kier alpha value is -2.32. The summed E-state index contributed by atoms with van der Waals surface area (Å²) in [6.45, 7) is 6.23. The van der Waals surface area contributed by atoms with Gasteiger partial charge in [0, 0.05) is 6.42 Å². The van der Waals surface area contributed by atoms with Gasteiger partial charge >= 0.3 is 5.97 Å². The van der Waals surface area contributed by atoms with E-state index >= 15 is 0 Å². The van der Waals surface area contributed by atoms with E-state index in [2.05, 4.69) is 39.5 Å². The number of hydrogen-bond donors (Lipinski definition) is 0. The minimum atomic E-state index is -0.584. The lowest BCUT2D eigenvalue weighted by molar-refractivity contribution is 0.0504. The number of carbonyl (C=O) groups is 1. The maximum Gasteiger partial charge on any atom is 0.378 e. The summed E-state index contributed by atoms with van der Waals surface area (Å²) in [5.41, 5.74) is 0. The Balaban J connectivity index is 2.08. The van der Waals surface area contributed by atoms with Crippen molar-refractivity contribution in [2.24, 2.45) is 5.92 Å². The van der Waals surface area contributed by atoms with Crippen LogP contribution in [0, 0.1) is 5.92 Å². The van der Waals surface area contributed by atoms with Gasteiger partial charge in [0.05, 0.1) is 6.61 Å². The summed E-state index contributed by atoms with van der Waals surface area (Å²) in [6.07, 6.45) is 0.726. The van der Waals surface area contributed by atoms with Gasteiger partial charge < -0.3 is 9.26 Å². The van der Waals surface area contributed by atoms with Crippen molar-refractivity contribution < 1.29 is 14.1 Å². The number of hydrogen-bond acceptors (Lipinski definition) is 8. The largest absolute Gasteiger partial charge is 0.460 e. The average molecular weight is 280 g/mol. The number of aromatic nitrogens is 6. The highest BCUT2D eigenvalue weighted by Gasteiger charge is 2.19. The van der Waals surface area contributed by atoms with Crippen LogP contribution in [0.15, 0.2) is 4.52 Å². The second-order valence-corrected chi connectivity index (χ2v) is 4.58. The molecular weight excluding hydrogens is 264 g/mol. The second kappa shape index (κ2) is 6.22. The molecule has 9 heteroatoms. The van der Waals surface area contributed by atoms with E-state index in [4.69, 9.17) is 9.26 Å². The van der Waals surface area contributed by atoms with E-state index in [1.807, 2.05) is 0 Å². The molecule has 0 aromatic carbocycles. The van der Waals surface area contributed by atoms with Gasteiger partial charge in [-0.1, -0.05) is 19.0 Å². The van der Waals surface area contributed by atoms with E-state index in [1.54, 1.807) is 6.92 Å². The van der Waals surface area contributed by atoms with Crippen LogP contribution in [0.25, 0.3) is 0 Å². The van der Waals surface area contributed by atoms with Crippen LogP contribution < -0.4 is 0 Å². The van der Waals surface area contributed by atoms with Gasteiger partial charge in [0.25, 0.3) is 5.82 Å². The van der Waals surface area contributed by atoms with Crippen molar-refractivity contribution in [2.75, 3.05) is 6.61 Å². The fourth-order valence-electron chi connectivity index (χ4n) is 1.58. The molecule has 0 N–H and O–H groups in total. The first-order chi connectivity index (χ1) is 9.60. The van der Waals surface area contributed by atoms with Crippen molar-refractivity contribution in [1.29, 1.82) is 0 Å². The molecule has 2 heterocycles. The zero-order valence-electron chi connectivity index (χ0n) is 11.6. The van der Waals surface area contributed by atoms with Crippen molar-refractivity contribution in [2.45, 2.75) is 33.7 Å². The Kier molecular flexibility index (Phi) is 4.38. The quantitative estimate of drug-likeness (QED) is 0.703. The molecule has 0 atom stereocenters. The van der Waals surface area contributed by atoms with E-state index < -0.39 is 5.97 Å². The molecule has 2 rings (SSSR count). The first kappa shape index (κ1) is 14.1. The summed E-state index contributed by atoms with van der Waals surface area (Å²) in [5, 5.41) is 14.6. The molecule has 2 aromatic heterocycles. The Bertz CT molecular complexity index is 576. The average Bonchev–Trinajstić information content (AvgIpc) is 2.99. The number of nitrogens with zero attached hydrogens (tertiary/aromatic N) is 6. The molecule has 0 saturated heterocycles. The van der Waals surface area contributed by atoms with Gasteiger partial charge in [0.2, 0.25) is 5.89 Å². The lowest BCUT2D eigenvalue weighted by atomic mass is 10.1. The van der Waals surface area contributed by atoms with Gasteiger partial charge in [-0.3, -0.25) is 0 Å². The van der Waals surface area contributed by atoms with Gasteiger partial charge in [0.15, 0.2) is 5.82 Å². The molecule has 0 radical (unpaired) electrons. The summed E-state index contributed by atoms with van der Waals surface area (Å²) in [6, 6.07) is 0. The van der Waals surface area contributed by atoms with Crippen LogP contribution in [0.3, 0.4) is 0 Å². The van der Waals surface area contributed by atoms with Crippen LogP contribution in [0.2, 0.25) is 0 Å². The predicted molar refractivity (Wildman–Crippen MR) is 65.7 cm³/mol. The smallest absolute Gasteiger partial charge is 0.378 e. The van der Waals surface area contributed by atoms with E-state index in [0.717, 1.165) is 6.42 Å². The third-order valence-electron chi connectivity index (χ3n) is 2.38. The molecule has 0 bridgehead atoms. The number of esters is 1. The van der Waals surface area contributed by atoms with E-state index in [-0.39, 0.29) is 19.0 Å². The monoisotopic (exact) mass is 280 g/mol. The second-order valence-electron chi connectivity index (χ2n) is 4.58. The van der Waals surface area contributed by atoms with E-state index in [1.165, 1.54) is 4.68 Å². The molecule has 0 aliphatic carbocycles.